The van der Waals surface area contributed by atoms with Gasteiger partial charge in [-0.3, -0.25) is 4.79 Å². The maximum Gasteiger partial charge on any atom is 0.260 e. The normalized spacial score (nSPS) is 10.6. The molecule has 1 aromatic carbocycles. The van der Waals surface area contributed by atoms with Gasteiger partial charge in [-0.15, -0.1) is 0 Å². The fourth-order valence-electron chi connectivity index (χ4n) is 1.18. The number of aromatic nitrogens is 4. The van der Waals surface area contributed by atoms with Gasteiger partial charge < -0.3 is 0 Å². The number of hydrazone groups is 1. The lowest BCUT2D eigenvalue weighted by Gasteiger charge is -1.95. The lowest BCUT2D eigenvalue weighted by molar-refractivity contribution is 0.100. The average molecular weight is 230 g/mol. The zero-order chi connectivity index (χ0) is 11.9. The SMILES string of the molecule is O=C(C/C=N/Nc1nnn[nH]1)c1ccccc1. The molecule has 0 bridgehead atoms. The van der Waals surface area contributed by atoms with Crippen LogP contribution in [0.1, 0.15) is 16.8 Å². The molecule has 17 heavy (non-hydrogen) atoms. The molecule has 1 heterocycles. The third-order valence-electron chi connectivity index (χ3n) is 1.98. The first-order chi connectivity index (χ1) is 8.36. The van der Waals surface area contributed by atoms with E-state index in [2.05, 4.69) is 31.2 Å². The van der Waals surface area contributed by atoms with E-state index in [0.29, 0.717) is 11.5 Å². The highest BCUT2D eigenvalue weighted by Gasteiger charge is 2.01. The number of nitrogens with one attached hydrogen (secondary N) is 2. The Kier molecular flexibility index (Phi) is 3.53. The number of nitrogens with zero attached hydrogens (tertiary/aromatic N) is 4. The Morgan fingerprint density at radius 2 is 2.24 bits per heavy atom. The van der Waals surface area contributed by atoms with Crippen LogP contribution in [0.4, 0.5) is 5.95 Å². The minimum Gasteiger partial charge on any atom is -0.294 e. The van der Waals surface area contributed by atoms with Crippen molar-refractivity contribution in [2.75, 3.05) is 5.43 Å². The van der Waals surface area contributed by atoms with Gasteiger partial charge in [0.15, 0.2) is 5.78 Å². The first kappa shape index (κ1) is 10.9. The first-order valence-corrected chi connectivity index (χ1v) is 4.96. The zero-order valence-corrected chi connectivity index (χ0v) is 8.87. The second kappa shape index (κ2) is 5.50. The van der Waals surface area contributed by atoms with Crippen LogP contribution in [0, 0.1) is 0 Å². The number of hydrogen-bond acceptors (Lipinski definition) is 6. The van der Waals surface area contributed by atoms with Gasteiger partial charge in [-0.25, -0.2) is 10.5 Å². The fraction of sp³-hybridized carbons (Fsp3) is 0.100. The summed E-state index contributed by atoms with van der Waals surface area (Å²) in [7, 11) is 0. The summed E-state index contributed by atoms with van der Waals surface area (Å²) in [6.45, 7) is 0. The Labute approximate surface area is 96.9 Å². The molecule has 0 amide bonds. The zero-order valence-electron chi connectivity index (χ0n) is 8.87. The molecule has 86 valence electrons. The molecule has 7 nitrogen and oxygen atoms in total. The number of anilines is 1. The van der Waals surface area contributed by atoms with E-state index in [1.54, 1.807) is 12.1 Å². The highest BCUT2D eigenvalue weighted by molar-refractivity contribution is 6.03. The molecule has 0 spiro atoms. The van der Waals surface area contributed by atoms with E-state index in [1.807, 2.05) is 18.2 Å². The summed E-state index contributed by atoms with van der Waals surface area (Å²) < 4.78 is 0. The maximum absolute atomic E-state index is 11.6. The van der Waals surface area contributed by atoms with E-state index in [4.69, 9.17) is 0 Å². The fourth-order valence-corrected chi connectivity index (χ4v) is 1.18. The number of ketones is 1. The number of H-pyrrole nitrogens is 1. The molecule has 2 N–H and O–H groups in total. The van der Waals surface area contributed by atoms with Crippen molar-refractivity contribution in [2.24, 2.45) is 5.10 Å². The van der Waals surface area contributed by atoms with Crippen LogP contribution in [-0.2, 0) is 0 Å². The molecule has 0 aliphatic heterocycles. The molecule has 0 unspecified atom stereocenters. The van der Waals surface area contributed by atoms with Gasteiger partial charge in [0, 0.05) is 18.2 Å². The summed E-state index contributed by atoms with van der Waals surface area (Å²) in [4.78, 5) is 11.6. The van der Waals surface area contributed by atoms with Gasteiger partial charge in [-0.1, -0.05) is 35.4 Å². The number of Topliss-reactive ketones (excluding diaryl/α,β-unsaturated/α-hetero) is 1. The lowest BCUT2D eigenvalue weighted by atomic mass is 10.1. The maximum atomic E-state index is 11.6. The molecular formula is C10H10N6O. The monoisotopic (exact) mass is 230 g/mol. The molecule has 0 saturated carbocycles. The predicted octanol–water partition coefficient (Wildman–Crippen LogP) is 0.870. The molecule has 1 aromatic heterocycles. The van der Waals surface area contributed by atoms with E-state index >= 15 is 0 Å². The van der Waals surface area contributed by atoms with Crippen LogP contribution in [0.2, 0.25) is 0 Å². The summed E-state index contributed by atoms with van der Waals surface area (Å²) in [5, 5.41) is 16.6. The lowest BCUT2D eigenvalue weighted by Crippen LogP contribution is -2.00. The van der Waals surface area contributed by atoms with E-state index in [0.717, 1.165) is 0 Å². The van der Waals surface area contributed by atoms with E-state index in [-0.39, 0.29) is 12.2 Å². The highest BCUT2D eigenvalue weighted by atomic mass is 16.1. The number of rotatable bonds is 5. The number of carbonyl (C=O) groups excluding carboxylic acids is 1. The molecule has 7 heteroatoms. The van der Waals surface area contributed by atoms with Crippen molar-refractivity contribution in [3.63, 3.8) is 0 Å². The number of hydrogen-bond donors (Lipinski definition) is 2. The molecule has 0 fully saturated rings. The van der Waals surface area contributed by atoms with E-state index in [1.165, 1.54) is 6.21 Å². The number of tetrazole rings is 1. The molecule has 2 aromatic rings. The van der Waals surface area contributed by atoms with E-state index < -0.39 is 0 Å². The summed E-state index contributed by atoms with van der Waals surface area (Å²) in [6, 6.07) is 9.04. The van der Waals surface area contributed by atoms with Crippen LogP contribution < -0.4 is 5.43 Å². The average Bonchev–Trinajstić information content (AvgIpc) is 2.88. The van der Waals surface area contributed by atoms with Gasteiger partial charge >= 0.3 is 0 Å². The van der Waals surface area contributed by atoms with Crippen molar-refractivity contribution < 1.29 is 4.79 Å². The summed E-state index contributed by atoms with van der Waals surface area (Å²) in [5.74, 6) is 0.334. The van der Waals surface area contributed by atoms with Crippen LogP contribution in [0.5, 0.6) is 0 Å². The van der Waals surface area contributed by atoms with Crippen LogP contribution >= 0.6 is 0 Å². The Morgan fingerprint density at radius 1 is 1.41 bits per heavy atom. The molecule has 0 aliphatic rings. The predicted molar refractivity (Wildman–Crippen MR) is 61.7 cm³/mol. The molecule has 2 rings (SSSR count). The Balaban J connectivity index is 1.82. The summed E-state index contributed by atoms with van der Waals surface area (Å²) in [5.41, 5.74) is 3.22. The van der Waals surface area contributed by atoms with Crippen molar-refractivity contribution >= 4 is 17.9 Å². The van der Waals surface area contributed by atoms with Gasteiger partial charge in [0.2, 0.25) is 0 Å². The number of carbonyl (C=O) groups is 1. The smallest absolute Gasteiger partial charge is 0.260 e. The van der Waals surface area contributed by atoms with Gasteiger partial charge in [0.05, 0.1) is 0 Å². The number of aromatic amines is 1. The standard InChI is InChI=1S/C10H10N6O/c17-9(8-4-2-1-3-5-8)6-7-11-12-10-13-15-16-14-10/h1-5,7H,6H2,(H2,12,13,14,15,16)/b11-7+. The van der Waals surface area contributed by atoms with Gasteiger partial charge in [-0.2, -0.15) is 5.10 Å². The quantitative estimate of drug-likeness (QED) is 0.451. The second-order valence-corrected chi connectivity index (χ2v) is 3.17. The molecule has 0 radical (unpaired) electrons. The van der Waals surface area contributed by atoms with Gasteiger partial charge in [0.1, 0.15) is 0 Å². The topological polar surface area (TPSA) is 95.9 Å². The van der Waals surface area contributed by atoms with Crippen molar-refractivity contribution in [3.05, 3.63) is 35.9 Å². The summed E-state index contributed by atoms with van der Waals surface area (Å²) in [6.07, 6.45) is 1.69. The van der Waals surface area contributed by atoms with Crippen molar-refractivity contribution in [1.82, 2.24) is 20.6 Å². The largest absolute Gasteiger partial charge is 0.294 e. The van der Waals surface area contributed by atoms with E-state index in [9.17, 15) is 4.79 Å². The minimum atomic E-state index is 0.00634. The third kappa shape index (κ3) is 3.20. The molecule has 0 atom stereocenters. The molecule has 0 aliphatic carbocycles. The second-order valence-electron chi connectivity index (χ2n) is 3.17. The van der Waals surface area contributed by atoms with Crippen molar-refractivity contribution in [3.8, 4) is 0 Å². The third-order valence-corrected chi connectivity index (χ3v) is 1.98. The first-order valence-electron chi connectivity index (χ1n) is 4.96. The number of benzene rings is 1. The van der Waals surface area contributed by atoms with Crippen LogP contribution in [-0.4, -0.2) is 32.6 Å². The Bertz CT molecular complexity index is 493. The molecule has 0 saturated heterocycles. The highest BCUT2D eigenvalue weighted by Crippen LogP contribution is 2.01. The van der Waals surface area contributed by atoms with Crippen LogP contribution in [0.15, 0.2) is 35.4 Å². The van der Waals surface area contributed by atoms with Gasteiger partial charge in [0.25, 0.3) is 5.95 Å². The van der Waals surface area contributed by atoms with Crippen LogP contribution in [0.25, 0.3) is 0 Å². The van der Waals surface area contributed by atoms with Gasteiger partial charge in [-0.05, 0) is 10.4 Å². The van der Waals surface area contributed by atoms with Crippen LogP contribution in [0.3, 0.4) is 0 Å². The van der Waals surface area contributed by atoms with Crippen molar-refractivity contribution in [2.45, 2.75) is 6.42 Å². The van der Waals surface area contributed by atoms with Crippen molar-refractivity contribution in [1.29, 1.82) is 0 Å². The Hall–Kier alpha value is -2.57. The molecular weight excluding hydrogens is 220 g/mol. The summed E-state index contributed by atoms with van der Waals surface area (Å²) >= 11 is 0. The minimum absolute atomic E-state index is 0.00634. The Morgan fingerprint density at radius 3 is 2.94 bits per heavy atom.